The van der Waals surface area contributed by atoms with Crippen LogP contribution in [0, 0.1) is 0 Å². The zero-order chi connectivity index (χ0) is 15.2. The standard InChI is InChI=1S/C13H17F3N2O2/c1-2-7-20-10-5-3-9(4-6-10)11(12(17)19)18-8-13(14,15)16/h3-6,11,18H,2,7-8H2,1H3,(H2,17,19). The van der Waals surface area contributed by atoms with Crippen LogP contribution in [0.3, 0.4) is 0 Å². The Morgan fingerprint density at radius 3 is 2.40 bits per heavy atom. The van der Waals surface area contributed by atoms with Crippen molar-refractivity contribution in [3.8, 4) is 5.75 Å². The molecule has 0 heterocycles. The van der Waals surface area contributed by atoms with Gasteiger partial charge in [0.05, 0.1) is 13.2 Å². The first-order valence-corrected chi connectivity index (χ1v) is 6.15. The summed E-state index contributed by atoms with van der Waals surface area (Å²) in [7, 11) is 0. The molecule has 0 radical (unpaired) electrons. The Kier molecular flexibility index (Phi) is 5.82. The number of hydrogen-bond acceptors (Lipinski definition) is 3. The molecular formula is C13H17F3N2O2. The molecule has 112 valence electrons. The number of primary amides is 1. The molecule has 7 heteroatoms. The number of nitrogens with two attached hydrogens (primary N) is 1. The molecule has 0 aromatic heterocycles. The van der Waals surface area contributed by atoms with E-state index in [1.54, 1.807) is 12.1 Å². The number of carbonyl (C=O) groups excluding carboxylic acids is 1. The number of alkyl halides is 3. The van der Waals surface area contributed by atoms with Crippen LogP contribution in [0.2, 0.25) is 0 Å². The van der Waals surface area contributed by atoms with Gasteiger partial charge in [-0.15, -0.1) is 0 Å². The Bertz CT molecular complexity index is 432. The summed E-state index contributed by atoms with van der Waals surface area (Å²) in [5, 5.41) is 2.10. The van der Waals surface area contributed by atoms with Gasteiger partial charge in [-0.2, -0.15) is 13.2 Å². The molecule has 0 aliphatic rings. The lowest BCUT2D eigenvalue weighted by atomic mass is 10.1. The summed E-state index contributed by atoms with van der Waals surface area (Å²) in [4.78, 5) is 11.2. The van der Waals surface area contributed by atoms with Gasteiger partial charge in [0.25, 0.3) is 0 Å². The molecule has 4 nitrogen and oxygen atoms in total. The van der Waals surface area contributed by atoms with E-state index in [9.17, 15) is 18.0 Å². The summed E-state index contributed by atoms with van der Waals surface area (Å²) in [5.74, 6) is -0.272. The van der Waals surface area contributed by atoms with E-state index in [4.69, 9.17) is 10.5 Å². The summed E-state index contributed by atoms with van der Waals surface area (Å²) in [6.45, 7) is 1.22. The highest BCUT2D eigenvalue weighted by Crippen LogP contribution is 2.20. The third-order valence-corrected chi connectivity index (χ3v) is 2.48. The average Bonchev–Trinajstić information content (AvgIpc) is 2.36. The molecule has 3 N–H and O–H groups in total. The van der Waals surface area contributed by atoms with Crippen LogP contribution in [0.25, 0.3) is 0 Å². The van der Waals surface area contributed by atoms with E-state index in [2.05, 4.69) is 5.32 Å². The Hall–Kier alpha value is -1.76. The van der Waals surface area contributed by atoms with E-state index in [0.29, 0.717) is 17.9 Å². The van der Waals surface area contributed by atoms with Crippen molar-refractivity contribution in [2.24, 2.45) is 5.73 Å². The van der Waals surface area contributed by atoms with Gasteiger partial charge in [-0.3, -0.25) is 10.1 Å². The lowest BCUT2D eigenvalue weighted by Crippen LogP contribution is -2.38. The highest BCUT2D eigenvalue weighted by atomic mass is 19.4. The third-order valence-electron chi connectivity index (χ3n) is 2.48. The van der Waals surface area contributed by atoms with Gasteiger partial charge in [0, 0.05) is 0 Å². The van der Waals surface area contributed by atoms with Crippen LogP contribution in [0.15, 0.2) is 24.3 Å². The molecule has 1 atom stereocenters. The minimum absolute atomic E-state index is 0.366. The van der Waals surface area contributed by atoms with Gasteiger partial charge in [0.1, 0.15) is 11.8 Å². The van der Waals surface area contributed by atoms with E-state index in [1.165, 1.54) is 12.1 Å². The van der Waals surface area contributed by atoms with E-state index in [0.717, 1.165) is 6.42 Å². The quantitative estimate of drug-likeness (QED) is 0.808. The normalized spacial score (nSPS) is 13.0. The molecule has 0 saturated carbocycles. The number of benzene rings is 1. The number of rotatable bonds is 7. The Balaban J connectivity index is 2.74. The first kappa shape index (κ1) is 16.3. The van der Waals surface area contributed by atoms with Gasteiger partial charge in [-0.1, -0.05) is 19.1 Å². The van der Waals surface area contributed by atoms with Crippen LogP contribution < -0.4 is 15.8 Å². The van der Waals surface area contributed by atoms with Crippen molar-refractivity contribution in [1.82, 2.24) is 5.32 Å². The Labute approximate surface area is 115 Å². The van der Waals surface area contributed by atoms with Gasteiger partial charge >= 0.3 is 6.18 Å². The largest absolute Gasteiger partial charge is 0.494 e. The van der Waals surface area contributed by atoms with E-state index >= 15 is 0 Å². The second-order valence-electron chi connectivity index (χ2n) is 4.25. The molecule has 1 amide bonds. The number of hydrogen-bond donors (Lipinski definition) is 2. The topological polar surface area (TPSA) is 64.3 Å². The molecule has 1 aromatic carbocycles. The summed E-state index contributed by atoms with van der Waals surface area (Å²) in [6, 6.07) is 5.04. The number of carbonyl (C=O) groups is 1. The molecule has 1 aromatic rings. The summed E-state index contributed by atoms with van der Waals surface area (Å²) < 4.78 is 41.8. The van der Waals surface area contributed by atoms with Crippen molar-refractivity contribution in [2.75, 3.05) is 13.2 Å². The van der Waals surface area contributed by atoms with Crippen molar-refractivity contribution < 1.29 is 22.7 Å². The fourth-order valence-corrected chi connectivity index (χ4v) is 1.58. The molecule has 0 saturated heterocycles. The fraction of sp³-hybridized carbons (Fsp3) is 0.462. The highest BCUT2D eigenvalue weighted by Gasteiger charge is 2.30. The molecule has 0 spiro atoms. The maximum atomic E-state index is 12.2. The van der Waals surface area contributed by atoms with Crippen LogP contribution >= 0.6 is 0 Å². The molecule has 0 aliphatic carbocycles. The van der Waals surface area contributed by atoms with Crippen LogP contribution in [-0.2, 0) is 4.79 Å². The van der Waals surface area contributed by atoms with E-state index < -0.39 is 24.7 Å². The van der Waals surface area contributed by atoms with Gasteiger partial charge in [-0.25, -0.2) is 0 Å². The number of amides is 1. The lowest BCUT2D eigenvalue weighted by Gasteiger charge is -2.17. The number of halogens is 3. The van der Waals surface area contributed by atoms with Crippen LogP contribution in [0.1, 0.15) is 24.9 Å². The molecular weight excluding hydrogens is 273 g/mol. The lowest BCUT2D eigenvalue weighted by molar-refractivity contribution is -0.130. The van der Waals surface area contributed by atoms with Crippen molar-refractivity contribution in [3.63, 3.8) is 0 Å². The number of nitrogens with one attached hydrogen (secondary N) is 1. The van der Waals surface area contributed by atoms with E-state index in [1.807, 2.05) is 6.92 Å². The number of ether oxygens (including phenoxy) is 1. The molecule has 0 fully saturated rings. The second kappa shape index (κ2) is 7.14. The fourth-order valence-electron chi connectivity index (χ4n) is 1.58. The first-order chi connectivity index (χ1) is 9.33. The SMILES string of the molecule is CCCOc1ccc(C(NCC(F)(F)F)C(N)=O)cc1. The predicted octanol–water partition coefficient (Wildman–Crippen LogP) is 2.15. The van der Waals surface area contributed by atoms with Crippen molar-refractivity contribution in [3.05, 3.63) is 29.8 Å². The molecule has 1 rings (SSSR count). The minimum atomic E-state index is -4.40. The second-order valence-corrected chi connectivity index (χ2v) is 4.25. The zero-order valence-corrected chi connectivity index (χ0v) is 11.0. The molecule has 0 aliphatic heterocycles. The maximum Gasteiger partial charge on any atom is 0.401 e. The van der Waals surface area contributed by atoms with Crippen LogP contribution in [-0.4, -0.2) is 25.2 Å². The Morgan fingerprint density at radius 1 is 1.35 bits per heavy atom. The summed E-state index contributed by atoms with van der Waals surface area (Å²) in [6.07, 6.45) is -3.56. The van der Waals surface area contributed by atoms with Crippen molar-refractivity contribution >= 4 is 5.91 Å². The highest BCUT2D eigenvalue weighted by molar-refractivity contribution is 5.81. The summed E-state index contributed by atoms with van der Waals surface area (Å²) >= 11 is 0. The van der Waals surface area contributed by atoms with Crippen LogP contribution in [0.5, 0.6) is 5.75 Å². The monoisotopic (exact) mass is 290 g/mol. The molecule has 0 bridgehead atoms. The third kappa shape index (κ3) is 5.48. The smallest absolute Gasteiger partial charge is 0.401 e. The van der Waals surface area contributed by atoms with Gasteiger partial charge in [-0.05, 0) is 24.1 Å². The van der Waals surface area contributed by atoms with Gasteiger partial charge < -0.3 is 10.5 Å². The molecule has 20 heavy (non-hydrogen) atoms. The first-order valence-electron chi connectivity index (χ1n) is 6.15. The van der Waals surface area contributed by atoms with Gasteiger partial charge in [0.15, 0.2) is 0 Å². The molecule has 1 unspecified atom stereocenters. The van der Waals surface area contributed by atoms with Crippen LogP contribution in [0.4, 0.5) is 13.2 Å². The summed E-state index contributed by atoms with van der Waals surface area (Å²) in [5.41, 5.74) is 5.48. The predicted molar refractivity (Wildman–Crippen MR) is 68.2 cm³/mol. The average molecular weight is 290 g/mol. The van der Waals surface area contributed by atoms with E-state index in [-0.39, 0.29) is 0 Å². The van der Waals surface area contributed by atoms with Gasteiger partial charge in [0.2, 0.25) is 5.91 Å². The minimum Gasteiger partial charge on any atom is -0.494 e. The maximum absolute atomic E-state index is 12.2. The Morgan fingerprint density at radius 2 is 1.95 bits per heavy atom. The van der Waals surface area contributed by atoms with Crippen molar-refractivity contribution in [1.29, 1.82) is 0 Å². The zero-order valence-electron chi connectivity index (χ0n) is 11.0. The van der Waals surface area contributed by atoms with Crippen molar-refractivity contribution in [2.45, 2.75) is 25.6 Å².